The smallest absolute Gasteiger partial charge is 0.341 e. The SMILES string of the molecule is COC(=O)c1cc(NC(=O)COC(=O)c2c(Cl)cccc2Cl)cc(C(=O)OC)c1. The molecular formula is C19H15Cl2NO7. The van der Waals surface area contributed by atoms with Crippen molar-refractivity contribution in [1.29, 1.82) is 0 Å². The number of carbonyl (C=O) groups is 4. The maximum Gasteiger partial charge on any atom is 0.341 e. The number of amides is 1. The Hall–Kier alpha value is -3.10. The normalized spacial score (nSPS) is 10.1. The summed E-state index contributed by atoms with van der Waals surface area (Å²) in [6.07, 6.45) is 0. The molecule has 152 valence electrons. The maximum atomic E-state index is 12.1. The van der Waals surface area contributed by atoms with Gasteiger partial charge in [-0.2, -0.15) is 0 Å². The molecule has 0 fully saturated rings. The number of benzene rings is 2. The Morgan fingerprint density at radius 2 is 1.38 bits per heavy atom. The summed E-state index contributed by atoms with van der Waals surface area (Å²) in [6.45, 7) is -0.656. The molecule has 1 amide bonds. The molecule has 0 radical (unpaired) electrons. The molecule has 29 heavy (non-hydrogen) atoms. The van der Waals surface area contributed by atoms with Crippen LogP contribution < -0.4 is 5.32 Å². The van der Waals surface area contributed by atoms with Gasteiger partial charge < -0.3 is 19.5 Å². The molecule has 2 aromatic carbocycles. The number of hydrogen-bond donors (Lipinski definition) is 1. The molecule has 2 aromatic rings. The lowest BCUT2D eigenvalue weighted by atomic mass is 10.1. The van der Waals surface area contributed by atoms with E-state index in [-0.39, 0.29) is 32.4 Å². The molecule has 10 heteroatoms. The van der Waals surface area contributed by atoms with Crippen molar-refractivity contribution in [2.24, 2.45) is 0 Å². The van der Waals surface area contributed by atoms with E-state index in [4.69, 9.17) is 27.9 Å². The highest BCUT2D eigenvalue weighted by Crippen LogP contribution is 2.25. The minimum Gasteiger partial charge on any atom is -0.465 e. The van der Waals surface area contributed by atoms with E-state index in [9.17, 15) is 19.2 Å². The van der Waals surface area contributed by atoms with Crippen LogP contribution >= 0.6 is 23.2 Å². The fourth-order valence-electron chi connectivity index (χ4n) is 2.26. The standard InChI is InChI=1S/C19H15Cl2NO7/c1-27-17(24)10-6-11(18(25)28-2)8-12(7-10)22-15(23)9-29-19(26)16-13(20)4-3-5-14(16)21/h3-8H,9H2,1-2H3,(H,22,23). The minimum atomic E-state index is -0.880. The molecule has 0 unspecified atom stereocenters. The van der Waals surface area contributed by atoms with Crippen molar-refractivity contribution in [3.63, 3.8) is 0 Å². The fraction of sp³-hybridized carbons (Fsp3) is 0.158. The second-order valence-corrected chi connectivity index (χ2v) is 6.32. The van der Waals surface area contributed by atoms with Gasteiger partial charge in [0.05, 0.1) is 41.0 Å². The molecule has 0 bridgehead atoms. The Labute approximate surface area is 175 Å². The van der Waals surface area contributed by atoms with Crippen molar-refractivity contribution in [3.8, 4) is 0 Å². The van der Waals surface area contributed by atoms with Gasteiger partial charge in [-0.3, -0.25) is 4.79 Å². The fourth-order valence-corrected chi connectivity index (χ4v) is 2.82. The van der Waals surface area contributed by atoms with Crippen LogP contribution in [-0.2, 0) is 19.0 Å². The number of esters is 3. The minimum absolute atomic E-state index is 0.0190. The second-order valence-electron chi connectivity index (χ2n) is 5.50. The van der Waals surface area contributed by atoms with E-state index in [1.165, 1.54) is 44.6 Å². The third-order valence-electron chi connectivity index (χ3n) is 3.56. The zero-order valence-corrected chi connectivity index (χ0v) is 16.8. The van der Waals surface area contributed by atoms with Crippen LogP contribution in [0.3, 0.4) is 0 Å². The van der Waals surface area contributed by atoms with Crippen LogP contribution in [0.2, 0.25) is 10.0 Å². The lowest BCUT2D eigenvalue weighted by molar-refractivity contribution is -0.119. The molecule has 0 aliphatic rings. The van der Waals surface area contributed by atoms with Crippen molar-refractivity contribution in [3.05, 3.63) is 63.1 Å². The first-order valence-corrected chi connectivity index (χ1v) is 8.75. The summed E-state index contributed by atoms with van der Waals surface area (Å²) >= 11 is 11.8. The maximum absolute atomic E-state index is 12.1. The number of ether oxygens (including phenoxy) is 3. The monoisotopic (exact) mass is 439 g/mol. The van der Waals surface area contributed by atoms with Gasteiger partial charge in [0.25, 0.3) is 5.91 Å². The molecule has 0 saturated carbocycles. The first-order valence-electron chi connectivity index (χ1n) is 7.99. The van der Waals surface area contributed by atoms with Crippen LogP contribution in [0, 0.1) is 0 Å². The quantitative estimate of drug-likeness (QED) is 0.542. The van der Waals surface area contributed by atoms with Crippen LogP contribution in [0.5, 0.6) is 0 Å². The average Bonchev–Trinajstić information content (AvgIpc) is 2.70. The molecule has 0 aromatic heterocycles. The predicted molar refractivity (Wildman–Crippen MR) is 104 cm³/mol. The van der Waals surface area contributed by atoms with Crippen LogP contribution in [-0.4, -0.2) is 44.6 Å². The van der Waals surface area contributed by atoms with Gasteiger partial charge in [-0.1, -0.05) is 29.3 Å². The number of anilines is 1. The highest BCUT2D eigenvalue weighted by Gasteiger charge is 2.18. The van der Waals surface area contributed by atoms with Crippen molar-refractivity contribution < 1.29 is 33.4 Å². The van der Waals surface area contributed by atoms with Gasteiger partial charge in [0.2, 0.25) is 0 Å². The summed E-state index contributed by atoms with van der Waals surface area (Å²) in [6, 6.07) is 8.31. The number of methoxy groups -OCH3 is 2. The number of hydrogen-bond acceptors (Lipinski definition) is 7. The van der Waals surface area contributed by atoms with E-state index in [1.807, 2.05) is 0 Å². The summed E-state index contributed by atoms with van der Waals surface area (Å²) in [5.74, 6) is -3.04. The van der Waals surface area contributed by atoms with E-state index in [0.29, 0.717) is 0 Å². The highest BCUT2D eigenvalue weighted by atomic mass is 35.5. The Balaban J connectivity index is 2.12. The van der Waals surface area contributed by atoms with Gasteiger partial charge >= 0.3 is 17.9 Å². The van der Waals surface area contributed by atoms with Crippen LogP contribution in [0.15, 0.2) is 36.4 Å². The van der Waals surface area contributed by atoms with Gasteiger partial charge in [0, 0.05) is 5.69 Å². The van der Waals surface area contributed by atoms with E-state index < -0.39 is 30.4 Å². The third-order valence-corrected chi connectivity index (χ3v) is 4.19. The zero-order valence-electron chi connectivity index (χ0n) is 15.3. The average molecular weight is 440 g/mol. The Kier molecular flexibility index (Phi) is 7.58. The van der Waals surface area contributed by atoms with E-state index >= 15 is 0 Å². The summed E-state index contributed by atoms with van der Waals surface area (Å²) in [5.41, 5.74) is 0.0745. The first kappa shape index (κ1) is 22.2. The number of nitrogens with one attached hydrogen (secondary N) is 1. The van der Waals surface area contributed by atoms with Gasteiger partial charge in [-0.05, 0) is 30.3 Å². The molecule has 1 N–H and O–H groups in total. The first-order chi connectivity index (χ1) is 13.8. The van der Waals surface area contributed by atoms with E-state index in [0.717, 1.165) is 0 Å². The molecule has 0 spiro atoms. The molecule has 0 aliphatic heterocycles. The van der Waals surface area contributed by atoms with Crippen molar-refractivity contribution in [1.82, 2.24) is 0 Å². The highest BCUT2D eigenvalue weighted by molar-refractivity contribution is 6.39. The Morgan fingerprint density at radius 3 is 1.86 bits per heavy atom. The summed E-state index contributed by atoms with van der Waals surface area (Å²) < 4.78 is 14.2. The van der Waals surface area contributed by atoms with Crippen LogP contribution in [0.25, 0.3) is 0 Å². The molecular weight excluding hydrogens is 425 g/mol. The molecule has 0 atom stereocenters. The lowest BCUT2D eigenvalue weighted by Crippen LogP contribution is -2.21. The van der Waals surface area contributed by atoms with Crippen molar-refractivity contribution in [2.75, 3.05) is 26.1 Å². The van der Waals surface area contributed by atoms with Gasteiger partial charge in [-0.25, -0.2) is 14.4 Å². The van der Waals surface area contributed by atoms with Gasteiger partial charge in [0.1, 0.15) is 0 Å². The van der Waals surface area contributed by atoms with Gasteiger partial charge in [-0.15, -0.1) is 0 Å². The number of halogens is 2. The zero-order chi connectivity index (χ0) is 21.6. The molecule has 8 nitrogen and oxygen atoms in total. The largest absolute Gasteiger partial charge is 0.465 e. The Morgan fingerprint density at radius 1 is 0.862 bits per heavy atom. The van der Waals surface area contributed by atoms with E-state index in [1.54, 1.807) is 6.07 Å². The van der Waals surface area contributed by atoms with Crippen LogP contribution in [0.4, 0.5) is 5.69 Å². The predicted octanol–water partition coefficient (Wildman–Crippen LogP) is 3.36. The molecule has 0 heterocycles. The van der Waals surface area contributed by atoms with Crippen molar-refractivity contribution in [2.45, 2.75) is 0 Å². The van der Waals surface area contributed by atoms with E-state index in [2.05, 4.69) is 14.8 Å². The van der Waals surface area contributed by atoms with Gasteiger partial charge in [0.15, 0.2) is 6.61 Å². The molecule has 0 aliphatic carbocycles. The topological polar surface area (TPSA) is 108 Å². The Bertz CT molecular complexity index is 921. The summed E-state index contributed by atoms with van der Waals surface area (Å²) in [4.78, 5) is 47.8. The molecule has 2 rings (SSSR count). The third kappa shape index (κ3) is 5.69. The number of rotatable bonds is 6. The number of carbonyl (C=O) groups excluding carboxylic acids is 4. The summed E-state index contributed by atoms with van der Waals surface area (Å²) in [7, 11) is 2.34. The van der Waals surface area contributed by atoms with Crippen LogP contribution in [0.1, 0.15) is 31.1 Å². The lowest BCUT2D eigenvalue weighted by Gasteiger charge is -2.10. The summed E-state index contributed by atoms with van der Waals surface area (Å²) in [5, 5.41) is 2.58. The molecule has 0 saturated heterocycles. The van der Waals surface area contributed by atoms with Crippen molar-refractivity contribution >= 4 is 52.7 Å². The second kappa shape index (κ2) is 9.90.